The monoisotopic (exact) mass is 243 g/mol. The molecule has 1 rings (SSSR count). The highest BCUT2D eigenvalue weighted by atomic mass is 16.5. The minimum Gasteiger partial charge on any atom is -0.465 e. The van der Waals surface area contributed by atoms with Crippen molar-refractivity contribution in [1.82, 2.24) is 15.0 Å². The maximum Gasteiger partial charge on any atom is 0.327 e. The average Bonchev–Trinajstić information content (AvgIpc) is 2.66. The molecule has 0 aliphatic heterocycles. The van der Waals surface area contributed by atoms with Crippen LogP contribution in [0.4, 0.5) is 0 Å². The van der Waals surface area contributed by atoms with E-state index in [0.717, 1.165) is 0 Å². The van der Waals surface area contributed by atoms with E-state index in [1.165, 1.54) is 11.8 Å². The van der Waals surface area contributed by atoms with Gasteiger partial charge in [0.25, 0.3) is 0 Å². The Balaban J connectivity index is 2.45. The number of methoxy groups -OCH3 is 1. The summed E-state index contributed by atoms with van der Waals surface area (Å²) in [5.41, 5.74) is 0.610. The van der Waals surface area contributed by atoms with Gasteiger partial charge in [-0.3, -0.25) is 4.79 Å². The number of carbonyl (C=O) groups excluding carboxylic acids is 1. The molecule has 1 N–H and O–H groups in total. The van der Waals surface area contributed by atoms with Gasteiger partial charge in [-0.25, -0.2) is 4.68 Å². The van der Waals surface area contributed by atoms with Gasteiger partial charge in [-0.2, -0.15) is 0 Å². The zero-order valence-corrected chi connectivity index (χ0v) is 10.00. The predicted octanol–water partition coefficient (Wildman–Crippen LogP) is -0.609. The number of nitrogens with zero attached hydrogens (tertiary/aromatic N) is 3. The standard InChI is InChI=1S/C10H17N3O4/c1-3-17-10(15)6-13-5-8(11-12-13)4-9(14)7-16-2/h5,9,14H,3-4,6-7H2,1-2H3/t9-/m0/s1. The van der Waals surface area contributed by atoms with Gasteiger partial charge in [0.2, 0.25) is 0 Å². The summed E-state index contributed by atoms with van der Waals surface area (Å²) < 4.78 is 11.0. The first kappa shape index (κ1) is 13.6. The first-order chi connectivity index (χ1) is 8.15. The largest absolute Gasteiger partial charge is 0.465 e. The van der Waals surface area contributed by atoms with E-state index in [9.17, 15) is 9.90 Å². The minimum atomic E-state index is -0.618. The van der Waals surface area contributed by atoms with Crippen molar-refractivity contribution in [3.8, 4) is 0 Å². The number of aromatic nitrogens is 3. The summed E-state index contributed by atoms with van der Waals surface area (Å²) in [5, 5.41) is 17.1. The average molecular weight is 243 g/mol. The lowest BCUT2D eigenvalue weighted by Gasteiger charge is -2.05. The lowest BCUT2D eigenvalue weighted by molar-refractivity contribution is -0.144. The fourth-order valence-electron chi connectivity index (χ4n) is 1.34. The lowest BCUT2D eigenvalue weighted by Crippen LogP contribution is -2.17. The molecule has 1 aromatic heterocycles. The second kappa shape index (κ2) is 6.97. The Morgan fingerprint density at radius 3 is 3.06 bits per heavy atom. The molecule has 0 aromatic carbocycles. The highest BCUT2D eigenvalue weighted by molar-refractivity contribution is 5.68. The number of rotatable bonds is 7. The molecule has 0 saturated heterocycles. The molecule has 0 saturated carbocycles. The van der Waals surface area contributed by atoms with E-state index in [0.29, 0.717) is 18.7 Å². The van der Waals surface area contributed by atoms with E-state index in [4.69, 9.17) is 9.47 Å². The van der Waals surface area contributed by atoms with Crippen LogP contribution in [-0.2, 0) is 27.2 Å². The molecule has 1 atom stereocenters. The van der Waals surface area contributed by atoms with Crippen LogP contribution in [0.1, 0.15) is 12.6 Å². The second-order valence-electron chi connectivity index (χ2n) is 3.53. The molecule has 96 valence electrons. The van der Waals surface area contributed by atoms with E-state index < -0.39 is 6.10 Å². The zero-order chi connectivity index (χ0) is 12.7. The number of esters is 1. The van der Waals surface area contributed by atoms with E-state index >= 15 is 0 Å². The molecule has 0 spiro atoms. The Hall–Kier alpha value is -1.47. The second-order valence-corrected chi connectivity index (χ2v) is 3.53. The van der Waals surface area contributed by atoms with E-state index in [1.54, 1.807) is 13.1 Å². The molecule has 17 heavy (non-hydrogen) atoms. The molecule has 1 aromatic rings. The van der Waals surface area contributed by atoms with Gasteiger partial charge in [-0.15, -0.1) is 5.10 Å². The Morgan fingerprint density at radius 1 is 1.65 bits per heavy atom. The maximum atomic E-state index is 11.2. The van der Waals surface area contributed by atoms with Crippen LogP contribution in [0.15, 0.2) is 6.20 Å². The first-order valence-electron chi connectivity index (χ1n) is 5.37. The number of aliphatic hydroxyl groups is 1. The topological polar surface area (TPSA) is 86.5 Å². The van der Waals surface area contributed by atoms with E-state index in [1.807, 2.05) is 0 Å². The maximum absolute atomic E-state index is 11.2. The molecule has 0 unspecified atom stereocenters. The number of hydrogen-bond donors (Lipinski definition) is 1. The number of hydrogen-bond acceptors (Lipinski definition) is 6. The van der Waals surface area contributed by atoms with Gasteiger partial charge in [0, 0.05) is 19.7 Å². The minimum absolute atomic E-state index is 0.0290. The van der Waals surface area contributed by atoms with Gasteiger partial charge < -0.3 is 14.6 Å². The molecule has 0 fully saturated rings. The quantitative estimate of drug-likeness (QED) is 0.643. The summed E-state index contributed by atoms with van der Waals surface area (Å²) in [6, 6.07) is 0. The van der Waals surface area contributed by atoms with Crippen LogP contribution in [-0.4, -0.2) is 52.5 Å². The van der Waals surface area contributed by atoms with Crippen LogP contribution in [0, 0.1) is 0 Å². The smallest absolute Gasteiger partial charge is 0.327 e. The molecule has 0 aliphatic carbocycles. The lowest BCUT2D eigenvalue weighted by atomic mass is 10.2. The van der Waals surface area contributed by atoms with Crippen molar-refractivity contribution in [3.63, 3.8) is 0 Å². The van der Waals surface area contributed by atoms with Crippen molar-refractivity contribution in [1.29, 1.82) is 0 Å². The molecular weight excluding hydrogens is 226 g/mol. The summed E-state index contributed by atoms with van der Waals surface area (Å²) in [6.07, 6.45) is 1.33. The first-order valence-corrected chi connectivity index (χ1v) is 5.37. The SMILES string of the molecule is CCOC(=O)Cn1cc(C[C@H](O)COC)nn1. The predicted molar refractivity (Wildman–Crippen MR) is 58.2 cm³/mol. The third-order valence-corrected chi connectivity index (χ3v) is 1.99. The van der Waals surface area contributed by atoms with Gasteiger partial charge in [0.15, 0.2) is 0 Å². The molecule has 0 bridgehead atoms. The van der Waals surface area contributed by atoms with Gasteiger partial charge in [0.1, 0.15) is 6.54 Å². The summed E-state index contributed by atoms with van der Waals surface area (Å²) in [5.74, 6) is -0.360. The van der Waals surface area contributed by atoms with Crippen LogP contribution >= 0.6 is 0 Å². The third kappa shape index (κ3) is 4.92. The van der Waals surface area contributed by atoms with Crippen molar-refractivity contribution in [2.75, 3.05) is 20.3 Å². The highest BCUT2D eigenvalue weighted by Crippen LogP contribution is 1.99. The highest BCUT2D eigenvalue weighted by Gasteiger charge is 2.10. The number of carbonyl (C=O) groups is 1. The summed E-state index contributed by atoms with van der Waals surface area (Å²) >= 11 is 0. The Bertz CT molecular complexity index is 353. The van der Waals surface area contributed by atoms with Crippen LogP contribution in [0.5, 0.6) is 0 Å². The summed E-state index contributed by atoms with van der Waals surface area (Å²) in [6.45, 7) is 2.35. The van der Waals surface area contributed by atoms with E-state index in [2.05, 4.69) is 10.3 Å². The number of aliphatic hydroxyl groups excluding tert-OH is 1. The molecule has 7 heteroatoms. The zero-order valence-electron chi connectivity index (χ0n) is 10.00. The molecule has 0 aliphatic rings. The number of ether oxygens (including phenoxy) is 2. The molecule has 7 nitrogen and oxygen atoms in total. The fraction of sp³-hybridized carbons (Fsp3) is 0.700. The van der Waals surface area contributed by atoms with Crippen molar-refractivity contribution in [2.24, 2.45) is 0 Å². The third-order valence-electron chi connectivity index (χ3n) is 1.99. The van der Waals surface area contributed by atoms with Crippen LogP contribution < -0.4 is 0 Å². The van der Waals surface area contributed by atoms with Crippen LogP contribution in [0.2, 0.25) is 0 Å². The van der Waals surface area contributed by atoms with Gasteiger partial charge >= 0.3 is 5.97 Å². The Labute approximate surface area is 99.3 Å². The molecule has 1 heterocycles. The Morgan fingerprint density at radius 2 is 2.41 bits per heavy atom. The van der Waals surface area contributed by atoms with Gasteiger partial charge in [0.05, 0.1) is 25.0 Å². The van der Waals surface area contributed by atoms with Crippen LogP contribution in [0.25, 0.3) is 0 Å². The normalized spacial score (nSPS) is 12.4. The molecular formula is C10H17N3O4. The fourth-order valence-corrected chi connectivity index (χ4v) is 1.34. The van der Waals surface area contributed by atoms with Crippen molar-refractivity contribution < 1.29 is 19.4 Å². The molecule has 0 radical (unpaired) electrons. The Kier molecular flexibility index (Phi) is 5.58. The molecule has 0 amide bonds. The van der Waals surface area contributed by atoms with Gasteiger partial charge in [-0.1, -0.05) is 5.21 Å². The van der Waals surface area contributed by atoms with Gasteiger partial charge in [-0.05, 0) is 6.92 Å². The van der Waals surface area contributed by atoms with Crippen molar-refractivity contribution in [2.45, 2.75) is 26.0 Å². The van der Waals surface area contributed by atoms with Crippen LogP contribution in [0.3, 0.4) is 0 Å². The summed E-state index contributed by atoms with van der Waals surface area (Å²) in [4.78, 5) is 11.2. The van der Waals surface area contributed by atoms with Crippen molar-refractivity contribution in [3.05, 3.63) is 11.9 Å². The summed E-state index contributed by atoms with van der Waals surface area (Å²) in [7, 11) is 1.51. The van der Waals surface area contributed by atoms with E-state index in [-0.39, 0.29) is 19.1 Å². The van der Waals surface area contributed by atoms with Crippen molar-refractivity contribution >= 4 is 5.97 Å².